The molecule has 0 spiro atoms. The van der Waals surface area contributed by atoms with Gasteiger partial charge in [-0.05, 0) is 6.92 Å². The van der Waals surface area contributed by atoms with E-state index in [1.807, 2.05) is 0 Å². The Labute approximate surface area is 95.5 Å². The fraction of sp³-hybridized carbons (Fsp3) is 0.857. The highest BCUT2D eigenvalue weighted by molar-refractivity contribution is 8.15. The third kappa shape index (κ3) is 2.21. The van der Waals surface area contributed by atoms with Crippen molar-refractivity contribution in [3.63, 3.8) is 0 Å². The number of sulfone groups is 2. The molecule has 0 aromatic carbocycles. The number of rotatable bonds is 5. The van der Waals surface area contributed by atoms with Crippen LogP contribution in [0.4, 0.5) is 0 Å². The molecule has 0 aliphatic heterocycles. The molecular weight excluding hydrogens is 260 g/mol. The van der Waals surface area contributed by atoms with Gasteiger partial charge in [-0.1, -0.05) is 13.8 Å². The molecule has 0 heterocycles. The third-order valence-corrected chi connectivity index (χ3v) is 8.87. The van der Waals surface area contributed by atoms with Crippen molar-refractivity contribution >= 4 is 37.4 Å². The summed E-state index contributed by atoms with van der Waals surface area (Å²) in [5.74, 6) is -0.843. The zero-order chi connectivity index (χ0) is 12.5. The minimum Gasteiger partial charge on any atom is -0.284 e. The van der Waals surface area contributed by atoms with E-state index in [1.54, 1.807) is 0 Å². The van der Waals surface area contributed by atoms with Gasteiger partial charge in [-0.15, -0.1) is 12.6 Å². The molecule has 0 fully saturated rings. The molecule has 90 valence electrons. The Kier molecular flexibility index (Phi) is 4.40. The molecular formula is C7H14O5S3. The zero-order valence-corrected chi connectivity index (χ0v) is 11.2. The molecule has 0 saturated carbocycles. The Morgan fingerprint density at radius 1 is 1.07 bits per heavy atom. The van der Waals surface area contributed by atoms with Gasteiger partial charge in [0.15, 0.2) is 19.7 Å². The maximum atomic E-state index is 11.6. The van der Waals surface area contributed by atoms with Crippen molar-refractivity contribution < 1.29 is 21.6 Å². The normalized spacial score (nSPS) is 13.9. The minimum atomic E-state index is -4.04. The van der Waals surface area contributed by atoms with Crippen LogP contribution in [0.5, 0.6) is 0 Å². The highest BCUT2D eigenvalue weighted by atomic mass is 32.3. The molecule has 0 aliphatic carbocycles. The average Bonchev–Trinajstić information content (AvgIpc) is 2.15. The van der Waals surface area contributed by atoms with E-state index in [-0.39, 0.29) is 0 Å². The molecule has 0 aliphatic rings. The van der Waals surface area contributed by atoms with E-state index in [0.717, 1.165) is 6.92 Å². The second-order valence-electron chi connectivity index (χ2n) is 3.06. The molecule has 0 unspecified atom stereocenters. The zero-order valence-electron chi connectivity index (χ0n) is 8.72. The Morgan fingerprint density at radius 2 is 1.33 bits per heavy atom. The number of carbonyl (C=O) groups is 1. The molecule has 0 bridgehead atoms. The highest BCUT2D eigenvalue weighted by Crippen LogP contribution is 2.28. The second-order valence-corrected chi connectivity index (χ2v) is 8.97. The highest BCUT2D eigenvalue weighted by Gasteiger charge is 2.53. The lowest BCUT2D eigenvalue weighted by Gasteiger charge is -2.24. The van der Waals surface area contributed by atoms with Gasteiger partial charge in [0.25, 0.3) is 0 Å². The lowest BCUT2D eigenvalue weighted by Crippen LogP contribution is -2.50. The summed E-state index contributed by atoms with van der Waals surface area (Å²) in [4.78, 5) is 11.2. The van der Waals surface area contributed by atoms with Gasteiger partial charge in [0.05, 0.1) is 0 Å². The first-order chi connectivity index (χ1) is 6.56. The number of hydrogen-bond donors (Lipinski definition) is 1. The molecule has 0 N–H and O–H groups in total. The second kappa shape index (κ2) is 4.42. The molecule has 8 heteroatoms. The summed E-state index contributed by atoms with van der Waals surface area (Å²) in [7, 11) is -8.09. The Hall–Kier alpha value is -0.0800. The van der Waals surface area contributed by atoms with E-state index in [0.29, 0.717) is 0 Å². The summed E-state index contributed by atoms with van der Waals surface area (Å²) >= 11 is 3.38. The van der Waals surface area contributed by atoms with Crippen LogP contribution in [0.3, 0.4) is 0 Å². The smallest absolute Gasteiger partial charge is 0.237 e. The van der Waals surface area contributed by atoms with Crippen molar-refractivity contribution in [1.29, 1.82) is 0 Å². The van der Waals surface area contributed by atoms with Gasteiger partial charge in [0.1, 0.15) is 0 Å². The predicted molar refractivity (Wildman–Crippen MR) is 61.3 cm³/mol. The number of thiol groups is 1. The van der Waals surface area contributed by atoms with E-state index in [9.17, 15) is 21.6 Å². The molecule has 0 atom stereocenters. The average molecular weight is 274 g/mol. The first-order valence-corrected chi connectivity index (χ1v) is 8.00. The third-order valence-electron chi connectivity index (χ3n) is 2.34. The lowest BCUT2D eigenvalue weighted by atomic mass is 10.5. The van der Waals surface area contributed by atoms with Crippen molar-refractivity contribution in [1.82, 2.24) is 0 Å². The number of hydrogen-bond acceptors (Lipinski definition) is 5. The lowest BCUT2D eigenvalue weighted by molar-refractivity contribution is -0.111. The van der Waals surface area contributed by atoms with Gasteiger partial charge < -0.3 is 0 Å². The summed E-state index contributed by atoms with van der Waals surface area (Å²) < 4.78 is 44.0. The van der Waals surface area contributed by atoms with Crippen molar-refractivity contribution in [3.05, 3.63) is 0 Å². The van der Waals surface area contributed by atoms with Crippen LogP contribution in [0.25, 0.3) is 0 Å². The summed E-state index contributed by atoms with van der Waals surface area (Å²) in [6, 6.07) is 0. The first kappa shape index (κ1) is 14.9. The van der Waals surface area contributed by atoms with Crippen molar-refractivity contribution in [2.24, 2.45) is 0 Å². The first-order valence-electron chi connectivity index (χ1n) is 4.24. The summed E-state index contributed by atoms with van der Waals surface area (Å²) in [6.45, 7) is 3.46. The van der Waals surface area contributed by atoms with Crippen LogP contribution in [0.15, 0.2) is 0 Å². The SMILES string of the molecule is CCS(=O)(=O)C(C)(C(=O)S)S(=O)(=O)CC. The maximum Gasteiger partial charge on any atom is 0.237 e. The van der Waals surface area contributed by atoms with Crippen molar-refractivity contribution in [2.45, 2.75) is 24.9 Å². The standard InChI is InChI=1S/C7H14O5S3/c1-4-14(9,10)7(3,6(8)13)15(11,12)5-2/h4-5H2,1-3H3,(H,8,13). The summed E-state index contributed by atoms with van der Waals surface area (Å²) in [5.41, 5.74) is 0. The largest absolute Gasteiger partial charge is 0.284 e. The van der Waals surface area contributed by atoms with Gasteiger partial charge in [0.2, 0.25) is 9.19 Å². The molecule has 0 radical (unpaired) electrons. The monoisotopic (exact) mass is 274 g/mol. The molecule has 0 aromatic heterocycles. The van der Waals surface area contributed by atoms with Crippen molar-refractivity contribution in [2.75, 3.05) is 11.5 Å². The maximum absolute atomic E-state index is 11.6. The fourth-order valence-corrected chi connectivity index (χ4v) is 5.73. The molecule has 0 rings (SSSR count). The Bertz CT molecular complexity index is 411. The van der Waals surface area contributed by atoms with Crippen LogP contribution in [0.1, 0.15) is 20.8 Å². The van der Waals surface area contributed by atoms with Gasteiger partial charge in [-0.25, -0.2) is 16.8 Å². The van der Waals surface area contributed by atoms with E-state index in [1.165, 1.54) is 13.8 Å². The van der Waals surface area contributed by atoms with Gasteiger partial charge >= 0.3 is 0 Å². The van der Waals surface area contributed by atoms with E-state index in [4.69, 9.17) is 0 Å². The molecule has 0 saturated heterocycles. The molecule has 0 aromatic rings. The number of carbonyl (C=O) groups excluding carboxylic acids is 1. The van der Waals surface area contributed by atoms with Crippen LogP contribution in [0.2, 0.25) is 0 Å². The minimum absolute atomic E-state index is 0.422. The fourth-order valence-electron chi connectivity index (χ4n) is 1.01. The van der Waals surface area contributed by atoms with Crippen LogP contribution >= 0.6 is 12.6 Å². The predicted octanol–water partition coefficient (Wildman–Crippen LogP) is 0.0284. The van der Waals surface area contributed by atoms with E-state index >= 15 is 0 Å². The summed E-state index contributed by atoms with van der Waals surface area (Å²) in [6.07, 6.45) is 0. The van der Waals surface area contributed by atoms with Gasteiger partial charge in [0, 0.05) is 11.5 Å². The van der Waals surface area contributed by atoms with E-state index < -0.39 is 40.4 Å². The molecule has 5 nitrogen and oxygen atoms in total. The van der Waals surface area contributed by atoms with Crippen LogP contribution < -0.4 is 0 Å². The quantitative estimate of drug-likeness (QED) is 0.715. The Balaban J connectivity index is 6.05. The van der Waals surface area contributed by atoms with Crippen LogP contribution in [-0.4, -0.2) is 37.5 Å². The van der Waals surface area contributed by atoms with E-state index in [2.05, 4.69) is 12.6 Å². The summed E-state index contributed by atoms with van der Waals surface area (Å²) in [5, 5.41) is -1.16. The van der Waals surface area contributed by atoms with Crippen LogP contribution in [0, 0.1) is 0 Å². The van der Waals surface area contributed by atoms with Crippen LogP contribution in [-0.2, 0) is 24.5 Å². The van der Waals surface area contributed by atoms with Crippen molar-refractivity contribution in [3.8, 4) is 0 Å². The molecule has 0 amide bonds. The molecule has 15 heavy (non-hydrogen) atoms. The Morgan fingerprint density at radius 3 is 1.47 bits per heavy atom. The van der Waals surface area contributed by atoms with Gasteiger partial charge in [-0.3, -0.25) is 4.79 Å². The topological polar surface area (TPSA) is 85.3 Å². The van der Waals surface area contributed by atoms with Gasteiger partial charge in [-0.2, -0.15) is 0 Å².